The van der Waals surface area contributed by atoms with Crippen molar-refractivity contribution in [3.8, 4) is 0 Å². The van der Waals surface area contributed by atoms with Crippen molar-refractivity contribution < 1.29 is 47.9 Å². The molecule has 0 aromatic heterocycles. The molecule has 16 N–H and O–H groups in total. The minimum Gasteiger partial charge on any atom is -0.343 e. The first-order chi connectivity index (χ1) is 44.1. The van der Waals surface area contributed by atoms with Crippen LogP contribution in [0.5, 0.6) is 0 Å². The third kappa shape index (κ3) is 19.3. The monoisotopic (exact) mass is 1280 g/mol. The average Bonchev–Trinajstić information content (AvgIpc) is 0.887. The molecule has 4 saturated carbocycles. The highest BCUT2D eigenvalue weighted by Crippen LogP contribution is 2.61. The number of hydrogen-bond acceptors (Lipinski definition) is 14. The molecular weight excluding hydrogens is 1170 g/mol. The van der Waals surface area contributed by atoms with Crippen molar-refractivity contribution >= 4 is 59.1 Å². The smallest absolute Gasteiger partial charge is 0.246 e. The lowest BCUT2D eigenvalue weighted by molar-refractivity contribution is -0.143. The summed E-state index contributed by atoms with van der Waals surface area (Å²) in [5, 5.41) is 23.5. The number of nitrogens with one attached hydrogen (secondary N) is 8. The van der Waals surface area contributed by atoms with Crippen molar-refractivity contribution in [2.24, 2.45) is 51.5 Å². The van der Waals surface area contributed by atoms with Gasteiger partial charge in [-0.05, 0) is 194 Å². The molecule has 0 unspecified atom stereocenters. The van der Waals surface area contributed by atoms with Crippen molar-refractivity contribution in [2.75, 3.05) is 39.3 Å². The van der Waals surface area contributed by atoms with Crippen molar-refractivity contribution in [1.29, 1.82) is 0 Å². The molecule has 24 nitrogen and oxygen atoms in total. The van der Waals surface area contributed by atoms with E-state index in [9.17, 15) is 24.0 Å². The summed E-state index contributed by atoms with van der Waals surface area (Å²) in [5.74, 6) is -4.90. The Hall–Kier alpha value is -7.02. The van der Waals surface area contributed by atoms with E-state index in [1.165, 1.54) is 9.80 Å². The number of fused-ring (bicyclic) bond motifs is 2. The van der Waals surface area contributed by atoms with Crippen LogP contribution in [0.1, 0.15) is 160 Å². The molecule has 3 heterocycles. The van der Waals surface area contributed by atoms with Gasteiger partial charge >= 0.3 is 0 Å². The molecule has 92 heavy (non-hydrogen) atoms. The maximum atomic E-state index is 15.3. The minimum absolute atomic E-state index is 0.0108. The van der Waals surface area contributed by atoms with Crippen LogP contribution in [0.3, 0.4) is 0 Å². The summed E-state index contributed by atoms with van der Waals surface area (Å²) in [4.78, 5) is 152. The van der Waals surface area contributed by atoms with Gasteiger partial charge in [0.1, 0.15) is 60.4 Å². The summed E-state index contributed by atoms with van der Waals surface area (Å²) >= 11 is 0. The average molecular weight is 1280 g/mol. The lowest BCUT2D eigenvalue weighted by Crippen LogP contribution is -2.62. The van der Waals surface area contributed by atoms with Gasteiger partial charge in [-0.25, -0.2) is 0 Å². The van der Waals surface area contributed by atoms with E-state index in [4.69, 9.17) is 22.9 Å². The van der Waals surface area contributed by atoms with E-state index in [0.29, 0.717) is 61.0 Å². The summed E-state index contributed by atoms with van der Waals surface area (Å²) in [6, 6.07) is 6.17. The van der Waals surface area contributed by atoms with Crippen LogP contribution < -0.4 is 65.5 Å². The molecule has 2 aromatic rings. The van der Waals surface area contributed by atoms with E-state index in [1.807, 2.05) is 69.3 Å². The molecule has 4 bridgehead atoms. The number of carbonyl (C=O) groups excluding carboxylic acids is 10. The van der Waals surface area contributed by atoms with E-state index in [1.54, 1.807) is 12.1 Å². The van der Waals surface area contributed by atoms with Crippen LogP contribution >= 0.6 is 0 Å². The van der Waals surface area contributed by atoms with E-state index < -0.39 is 125 Å². The summed E-state index contributed by atoms with van der Waals surface area (Å²) in [6.07, 6.45) is 9.27. The fourth-order valence-corrected chi connectivity index (χ4v) is 15.6. The van der Waals surface area contributed by atoms with Crippen LogP contribution in [0.25, 0.3) is 0 Å². The first-order valence-corrected chi connectivity index (χ1v) is 34.0. The largest absolute Gasteiger partial charge is 0.343 e. The molecule has 9 rings (SSSR count). The van der Waals surface area contributed by atoms with Crippen LogP contribution in [0.2, 0.25) is 0 Å². The highest BCUT2D eigenvalue weighted by atomic mass is 16.2. The summed E-state index contributed by atoms with van der Waals surface area (Å²) in [6.45, 7) is 6.62. The topological polar surface area (TPSA) is 377 Å². The maximum absolute atomic E-state index is 15.3. The Bertz CT molecular complexity index is 2840. The van der Waals surface area contributed by atoms with Crippen LogP contribution in [-0.4, -0.2) is 169 Å². The summed E-state index contributed by atoms with van der Waals surface area (Å²) in [7, 11) is 0. The summed E-state index contributed by atoms with van der Waals surface area (Å²) in [5.41, 5.74) is 24.7. The molecule has 2 aromatic carbocycles. The standard InChI is InChI=1S/C68H104N14O10/c1-67(2,3)40-53-61(87)73-47(20-10-26-69)57(83)77-51(35-42-16-6-4-7-17-42)65(91)82-31-15-25-56(82)64(90)76-50(23-13-29-72)60(86)80-54(41-68-37-44-32-45(38-68)34-46(33-44)39-68)62(88)74-48(21-11-27-70)58(84)78-52(36-43-18-8-5-9-19-43)66(92)81-30-14-24-55(81)63(89)75-49(22-12-28-71)59(85)79-53/h4-9,16-19,44-56H,10-15,20-41,69-72H2,1-3H3,(H,73,87)(H,74,88)(H,75,89)(H,76,90)(H,77,83)(H,78,84)(H,79,85)(H,80,86)/t44?,45?,46?,47-,48-,49-,50-,51+,52+,53-,54-,55-,56-,68?/m0/s1. The van der Waals surface area contributed by atoms with Gasteiger partial charge in [0, 0.05) is 25.9 Å². The molecule has 0 radical (unpaired) electrons. The Balaban J connectivity index is 1.18. The SMILES string of the molecule is CC(C)(C)C[C@@H]1NC(=O)[C@H](CCCN)NC(=O)[C@@H]2CCCN2C(=O)[C@@H](Cc2ccccc2)NC(=O)[C@H](CCCN)NC(=O)[C@H](CC23CC4CC(CC(C4)C2)C3)NC(=O)[C@H](CCCN)NC(=O)[C@@H]2CCCN2C(=O)[C@@H](Cc2ccccc2)NC(=O)[C@H](CCCN)NC1=O. The Morgan fingerprint density at radius 2 is 0.717 bits per heavy atom. The van der Waals surface area contributed by atoms with Crippen LogP contribution in [0, 0.1) is 28.6 Å². The molecule has 4 aliphatic carbocycles. The zero-order valence-corrected chi connectivity index (χ0v) is 54.4. The highest BCUT2D eigenvalue weighted by Gasteiger charge is 2.53. The zero-order chi connectivity index (χ0) is 66.1. The van der Waals surface area contributed by atoms with Crippen molar-refractivity contribution in [1.82, 2.24) is 52.3 Å². The number of hydrogen-bond donors (Lipinski definition) is 12. The van der Waals surface area contributed by atoms with Gasteiger partial charge in [-0.1, -0.05) is 81.4 Å². The van der Waals surface area contributed by atoms with E-state index in [2.05, 4.69) is 42.5 Å². The Morgan fingerprint density at radius 3 is 1.07 bits per heavy atom. The predicted molar refractivity (Wildman–Crippen MR) is 348 cm³/mol. The molecule has 0 spiro atoms. The predicted octanol–water partition coefficient (Wildman–Crippen LogP) is 1.34. The number of carbonyl (C=O) groups is 10. The van der Waals surface area contributed by atoms with Gasteiger partial charge in [-0.15, -0.1) is 0 Å². The second-order valence-corrected chi connectivity index (χ2v) is 28.4. The van der Waals surface area contributed by atoms with Crippen LogP contribution in [-0.2, 0) is 60.8 Å². The minimum atomic E-state index is -1.25. The first kappa shape index (κ1) is 70.8. The highest BCUT2D eigenvalue weighted by molar-refractivity contribution is 6.00. The van der Waals surface area contributed by atoms with E-state index >= 15 is 24.0 Å². The molecule has 7 aliphatic rings. The van der Waals surface area contributed by atoms with Gasteiger partial charge in [0.05, 0.1) is 0 Å². The Kier molecular flexibility index (Phi) is 25.6. The lowest BCUT2D eigenvalue weighted by Gasteiger charge is -2.57. The molecule has 3 saturated heterocycles. The number of nitrogens with zero attached hydrogens (tertiary/aromatic N) is 2. The molecular formula is C68H104N14O10. The molecule has 24 heteroatoms. The van der Waals surface area contributed by atoms with Gasteiger partial charge in [0.2, 0.25) is 59.1 Å². The van der Waals surface area contributed by atoms with Gasteiger partial charge < -0.3 is 75.3 Å². The number of rotatable bonds is 19. The second-order valence-electron chi connectivity index (χ2n) is 28.4. The van der Waals surface area contributed by atoms with Crippen LogP contribution in [0.15, 0.2) is 60.7 Å². The Labute approximate surface area is 542 Å². The fourth-order valence-electron chi connectivity index (χ4n) is 15.6. The van der Waals surface area contributed by atoms with Crippen molar-refractivity contribution in [3.63, 3.8) is 0 Å². The quantitative estimate of drug-likeness (QED) is 0.0945. The molecule has 3 aliphatic heterocycles. The number of nitrogens with two attached hydrogens (primary N) is 4. The number of amides is 10. The normalized spacial score (nSPS) is 30.9. The van der Waals surface area contributed by atoms with Crippen LogP contribution in [0.4, 0.5) is 0 Å². The lowest BCUT2D eigenvalue weighted by atomic mass is 9.48. The zero-order valence-electron chi connectivity index (χ0n) is 54.4. The second kappa shape index (κ2) is 33.2. The summed E-state index contributed by atoms with van der Waals surface area (Å²) < 4.78 is 0. The molecule has 506 valence electrons. The van der Waals surface area contributed by atoms with Gasteiger partial charge in [-0.2, -0.15) is 0 Å². The van der Waals surface area contributed by atoms with E-state index in [-0.39, 0.29) is 115 Å². The van der Waals surface area contributed by atoms with Gasteiger partial charge in [-0.3, -0.25) is 47.9 Å². The Morgan fingerprint density at radius 1 is 0.413 bits per heavy atom. The fraction of sp³-hybridized carbons (Fsp3) is 0.676. The van der Waals surface area contributed by atoms with Gasteiger partial charge in [0.15, 0.2) is 0 Å². The van der Waals surface area contributed by atoms with Gasteiger partial charge in [0.25, 0.3) is 0 Å². The van der Waals surface area contributed by atoms with Crippen molar-refractivity contribution in [3.05, 3.63) is 71.8 Å². The maximum Gasteiger partial charge on any atom is 0.246 e. The third-order valence-corrected chi connectivity index (χ3v) is 19.7. The molecule has 10 atom stereocenters. The molecule has 7 fully saturated rings. The number of benzene rings is 2. The van der Waals surface area contributed by atoms with E-state index in [0.717, 1.165) is 38.5 Å². The first-order valence-electron chi connectivity index (χ1n) is 34.0. The van der Waals surface area contributed by atoms with Crippen molar-refractivity contribution in [2.45, 2.75) is 222 Å². The third-order valence-electron chi connectivity index (χ3n) is 19.7. The molecule has 10 amide bonds.